The van der Waals surface area contributed by atoms with Gasteiger partial charge in [-0.15, -0.1) is 0 Å². The number of nitrogens with one attached hydrogen (secondary N) is 1. The lowest BCUT2D eigenvalue weighted by atomic mass is 10.1. The van der Waals surface area contributed by atoms with Gasteiger partial charge in [0.15, 0.2) is 0 Å². The van der Waals surface area contributed by atoms with Crippen LogP contribution in [0.1, 0.15) is 47.3 Å². The fourth-order valence-corrected chi connectivity index (χ4v) is 4.76. The number of benzene rings is 3. The molecule has 33 heavy (non-hydrogen) atoms. The van der Waals surface area contributed by atoms with E-state index in [4.69, 9.17) is 0 Å². The fraction of sp³-hybridized carbons (Fsp3) is 0.214. The van der Waals surface area contributed by atoms with Crippen LogP contribution in [-0.4, -0.2) is 17.9 Å². The highest BCUT2D eigenvalue weighted by Gasteiger charge is 2.29. The number of fused-ring (bicyclic) bond motifs is 1. The molecule has 0 spiro atoms. The van der Waals surface area contributed by atoms with E-state index < -0.39 is 0 Å². The van der Waals surface area contributed by atoms with Crippen LogP contribution in [0.25, 0.3) is 6.08 Å². The third-order valence-corrected chi connectivity index (χ3v) is 6.79. The predicted octanol–water partition coefficient (Wildman–Crippen LogP) is 6.20. The molecule has 4 nitrogen and oxygen atoms in total. The molecule has 3 aromatic rings. The van der Waals surface area contributed by atoms with E-state index >= 15 is 0 Å². The molecular formula is C28H28N2O2S. The van der Waals surface area contributed by atoms with E-state index in [2.05, 4.69) is 30.4 Å². The van der Waals surface area contributed by atoms with Crippen molar-refractivity contribution in [2.45, 2.75) is 44.7 Å². The summed E-state index contributed by atoms with van der Waals surface area (Å²) in [5.41, 5.74) is 4.71. The second-order valence-electron chi connectivity index (χ2n) is 8.36. The monoisotopic (exact) mass is 456 g/mol. The number of carbonyl (C=O) groups is 2. The van der Waals surface area contributed by atoms with E-state index in [-0.39, 0.29) is 17.9 Å². The number of nitrogens with zero attached hydrogens (tertiary/aromatic N) is 1. The summed E-state index contributed by atoms with van der Waals surface area (Å²) in [6, 6.07) is 23.8. The van der Waals surface area contributed by atoms with Crippen molar-refractivity contribution in [3.63, 3.8) is 0 Å². The number of para-hydroxylation sites is 1. The van der Waals surface area contributed by atoms with Crippen LogP contribution in [0.15, 0.2) is 82.6 Å². The highest BCUT2D eigenvalue weighted by Crippen LogP contribution is 2.42. The molecule has 0 aliphatic carbocycles. The molecule has 3 aromatic carbocycles. The van der Waals surface area contributed by atoms with Gasteiger partial charge < -0.3 is 10.2 Å². The lowest BCUT2D eigenvalue weighted by Crippen LogP contribution is -2.33. The molecule has 1 heterocycles. The maximum absolute atomic E-state index is 13.5. The number of anilines is 1. The Balaban J connectivity index is 1.60. The molecule has 1 unspecified atom stereocenters. The third kappa shape index (κ3) is 5.37. The second-order valence-corrected chi connectivity index (χ2v) is 9.45. The molecule has 0 saturated heterocycles. The Hall–Kier alpha value is -3.31. The normalized spacial score (nSPS) is 15.3. The first-order valence-electron chi connectivity index (χ1n) is 11.2. The molecule has 0 aromatic heterocycles. The summed E-state index contributed by atoms with van der Waals surface area (Å²) in [4.78, 5) is 29.4. The van der Waals surface area contributed by atoms with Gasteiger partial charge >= 0.3 is 0 Å². The molecule has 0 radical (unpaired) electrons. The van der Waals surface area contributed by atoms with Crippen molar-refractivity contribution in [3.8, 4) is 0 Å². The number of carbonyl (C=O) groups excluding carboxylic acids is 2. The lowest BCUT2D eigenvalue weighted by Gasteiger charge is -2.30. The largest absolute Gasteiger partial charge is 0.350 e. The fourth-order valence-electron chi connectivity index (χ4n) is 3.70. The van der Waals surface area contributed by atoms with Gasteiger partial charge in [0.05, 0.1) is 17.1 Å². The van der Waals surface area contributed by atoms with Crippen LogP contribution in [-0.2, 0) is 11.3 Å². The van der Waals surface area contributed by atoms with Gasteiger partial charge in [0.2, 0.25) is 0 Å². The number of aryl methyl sites for hydroxylation is 1. The van der Waals surface area contributed by atoms with Crippen molar-refractivity contribution >= 4 is 35.3 Å². The molecule has 0 saturated carbocycles. The average Bonchev–Trinajstić information content (AvgIpc) is 2.82. The van der Waals surface area contributed by atoms with Crippen molar-refractivity contribution in [2.75, 3.05) is 4.90 Å². The smallest absolute Gasteiger partial charge is 0.265 e. The Morgan fingerprint density at radius 2 is 1.82 bits per heavy atom. The van der Waals surface area contributed by atoms with Gasteiger partial charge in [-0.25, -0.2) is 0 Å². The first-order chi connectivity index (χ1) is 15.9. The number of hydrogen-bond acceptors (Lipinski definition) is 3. The van der Waals surface area contributed by atoms with Crippen LogP contribution in [0.3, 0.4) is 0 Å². The molecule has 1 aliphatic heterocycles. The highest BCUT2D eigenvalue weighted by atomic mass is 32.2. The van der Waals surface area contributed by atoms with Crippen molar-refractivity contribution in [2.24, 2.45) is 0 Å². The molecule has 1 aliphatic rings. The van der Waals surface area contributed by atoms with Crippen LogP contribution in [0.5, 0.6) is 0 Å². The van der Waals surface area contributed by atoms with Gasteiger partial charge in [-0.3, -0.25) is 9.59 Å². The predicted molar refractivity (Wildman–Crippen MR) is 136 cm³/mol. The Morgan fingerprint density at radius 1 is 1.06 bits per heavy atom. The average molecular weight is 457 g/mol. The van der Waals surface area contributed by atoms with Crippen LogP contribution in [0.2, 0.25) is 0 Å². The van der Waals surface area contributed by atoms with E-state index in [0.29, 0.717) is 17.0 Å². The molecule has 5 heteroatoms. The SMILES string of the molecule is CCC(C)NC(=O)c1ccc(C=C2Sc3ccccc3N(Cc3cccc(C)c3)C2=O)cc1. The molecule has 0 bridgehead atoms. The minimum atomic E-state index is -0.0788. The van der Waals surface area contributed by atoms with E-state index in [1.54, 1.807) is 12.1 Å². The first-order valence-corrected chi connectivity index (χ1v) is 12.0. The van der Waals surface area contributed by atoms with E-state index in [9.17, 15) is 9.59 Å². The summed E-state index contributed by atoms with van der Waals surface area (Å²) in [6.07, 6.45) is 2.79. The molecule has 1 atom stereocenters. The van der Waals surface area contributed by atoms with Crippen LogP contribution < -0.4 is 10.2 Å². The van der Waals surface area contributed by atoms with Gasteiger partial charge in [0.1, 0.15) is 0 Å². The first kappa shape index (κ1) is 22.9. The summed E-state index contributed by atoms with van der Waals surface area (Å²) < 4.78 is 0. The zero-order valence-corrected chi connectivity index (χ0v) is 20.0. The van der Waals surface area contributed by atoms with Crippen molar-refractivity contribution in [3.05, 3.63) is 100.0 Å². The van der Waals surface area contributed by atoms with Gasteiger partial charge in [0, 0.05) is 16.5 Å². The Bertz CT molecular complexity index is 1200. The molecule has 2 amide bonds. The number of thioether (sulfide) groups is 1. The third-order valence-electron chi connectivity index (χ3n) is 5.72. The summed E-state index contributed by atoms with van der Waals surface area (Å²) in [5, 5.41) is 2.98. The lowest BCUT2D eigenvalue weighted by molar-refractivity contribution is -0.114. The maximum atomic E-state index is 13.5. The maximum Gasteiger partial charge on any atom is 0.265 e. The van der Waals surface area contributed by atoms with Crippen molar-refractivity contribution in [1.29, 1.82) is 0 Å². The molecule has 1 N–H and O–H groups in total. The molecule has 4 rings (SSSR count). The number of hydrogen-bond donors (Lipinski definition) is 1. The van der Waals surface area contributed by atoms with Gasteiger partial charge in [-0.2, -0.15) is 0 Å². The summed E-state index contributed by atoms with van der Waals surface area (Å²) in [6.45, 7) is 6.61. The van der Waals surface area contributed by atoms with Crippen molar-refractivity contribution < 1.29 is 9.59 Å². The zero-order valence-electron chi connectivity index (χ0n) is 19.2. The van der Waals surface area contributed by atoms with E-state index in [0.717, 1.165) is 28.1 Å². The quantitative estimate of drug-likeness (QED) is 0.449. The minimum Gasteiger partial charge on any atom is -0.350 e. The summed E-state index contributed by atoms with van der Waals surface area (Å²) in [5.74, 6) is -0.0938. The van der Waals surface area contributed by atoms with Crippen LogP contribution >= 0.6 is 11.8 Å². The Morgan fingerprint density at radius 3 is 2.55 bits per heavy atom. The van der Waals surface area contributed by atoms with Gasteiger partial charge in [-0.1, -0.05) is 72.8 Å². The van der Waals surface area contributed by atoms with Gasteiger partial charge in [0.25, 0.3) is 11.8 Å². The molecular weight excluding hydrogens is 428 g/mol. The van der Waals surface area contributed by atoms with E-state index in [1.165, 1.54) is 17.3 Å². The Labute approximate surface area is 199 Å². The molecule has 0 fully saturated rings. The van der Waals surface area contributed by atoms with Crippen LogP contribution in [0, 0.1) is 6.92 Å². The standard InChI is InChI=1S/C28H28N2O2S/c1-4-20(3)29-27(31)23-14-12-21(13-15-23)17-26-28(32)30(18-22-9-7-8-19(2)16-22)24-10-5-6-11-25(24)33-26/h5-17,20H,4,18H2,1-3H3,(H,29,31). The number of amides is 2. The molecule has 168 valence electrons. The minimum absolute atomic E-state index is 0.0150. The second kappa shape index (κ2) is 10.1. The van der Waals surface area contributed by atoms with E-state index in [1.807, 2.05) is 67.3 Å². The topological polar surface area (TPSA) is 49.4 Å². The summed E-state index contributed by atoms with van der Waals surface area (Å²) in [7, 11) is 0. The Kier molecular flexibility index (Phi) is 6.99. The van der Waals surface area contributed by atoms with Crippen molar-refractivity contribution in [1.82, 2.24) is 5.32 Å². The number of rotatable bonds is 6. The van der Waals surface area contributed by atoms with Crippen LogP contribution in [0.4, 0.5) is 5.69 Å². The van der Waals surface area contributed by atoms with Gasteiger partial charge in [-0.05, 0) is 61.7 Å². The summed E-state index contributed by atoms with van der Waals surface area (Å²) >= 11 is 1.49. The highest BCUT2D eigenvalue weighted by molar-refractivity contribution is 8.04. The zero-order chi connectivity index (χ0) is 23.4.